The second-order valence-corrected chi connectivity index (χ2v) is 7.10. The average molecular weight is 343 g/mol. The molecule has 0 aromatic rings. The van der Waals surface area contributed by atoms with E-state index >= 15 is 0 Å². The lowest BCUT2D eigenvalue weighted by atomic mass is 9.92. The maximum Gasteiger partial charge on any atom is 0.262 e. The summed E-state index contributed by atoms with van der Waals surface area (Å²) in [6.45, 7) is 11.7. The van der Waals surface area contributed by atoms with Gasteiger partial charge in [0.15, 0.2) is 0 Å². The van der Waals surface area contributed by atoms with E-state index < -0.39 is 5.91 Å². The highest BCUT2D eigenvalue weighted by Crippen LogP contribution is 2.29. The lowest BCUT2D eigenvalue weighted by Gasteiger charge is -2.43. The number of nitrogens with one attached hydrogen (secondary N) is 1. The molecule has 1 aliphatic heterocycles. The van der Waals surface area contributed by atoms with Gasteiger partial charge in [-0.3, -0.25) is 5.01 Å². The Kier molecular flexibility index (Phi) is 9.89. The number of unbranched alkanes of at least 4 members (excludes halogenated alkanes) is 1. The summed E-state index contributed by atoms with van der Waals surface area (Å²) in [5.74, 6) is -1.67. The Morgan fingerprint density at radius 3 is 2.42 bits per heavy atom. The Morgan fingerprint density at radius 1 is 1.29 bits per heavy atom. The molecule has 0 aliphatic carbocycles. The largest absolute Gasteiger partial charge is 0.381 e. The van der Waals surface area contributed by atoms with Gasteiger partial charge in [0.2, 0.25) is 0 Å². The van der Waals surface area contributed by atoms with Crippen molar-refractivity contribution in [2.45, 2.75) is 84.1 Å². The van der Waals surface area contributed by atoms with Gasteiger partial charge in [0.05, 0.1) is 0 Å². The van der Waals surface area contributed by atoms with Crippen molar-refractivity contribution in [2.24, 2.45) is 11.8 Å². The van der Waals surface area contributed by atoms with E-state index in [0.29, 0.717) is 19.1 Å². The van der Waals surface area contributed by atoms with Gasteiger partial charge < -0.3 is 14.9 Å². The van der Waals surface area contributed by atoms with Gasteiger partial charge in [-0.15, -0.1) is 0 Å². The smallest absolute Gasteiger partial charge is 0.262 e. The molecule has 5 nitrogen and oxygen atoms in total. The van der Waals surface area contributed by atoms with E-state index in [1.165, 1.54) is 11.2 Å². The van der Waals surface area contributed by atoms with Gasteiger partial charge in [-0.05, 0) is 38.0 Å². The number of hydrazine groups is 1. The Bertz CT molecular complexity index is 342. The quantitative estimate of drug-likeness (QED) is 0.419. The Balaban J connectivity index is 2.79. The third-order valence-electron chi connectivity index (χ3n) is 5.27. The normalized spacial score (nSPS) is 20.0. The Hall–Kier alpha value is -0.620. The zero-order valence-corrected chi connectivity index (χ0v) is 15.8. The van der Waals surface area contributed by atoms with Crippen molar-refractivity contribution in [2.75, 3.05) is 13.2 Å². The van der Waals surface area contributed by atoms with Crippen molar-refractivity contribution in [1.29, 1.82) is 0 Å². The molecule has 3 N–H and O–H groups in total. The topological polar surface area (TPSA) is 65.0 Å². The number of hydrogen-bond acceptors (Lipinski definition) is 5. The predicted molar refractivity (Wildman–Crippen MR) is 97.9 cm³/mol. The zero-order valence-electron chi connectivity index (χ0n) is 15.8. The number of rotatable bonds is 10. The van der Waals surface area contributed by atoms with Gasteiger partial charge in [0, 0.05) is 31.4 Å². The second kappa shape index (κ2) is 11.1. The van der Waals surface area contributed by atoms with Crippen LogP contribution in [0.15, 0.2) is 12.8 Å². The number of hydrogen-bond donors (Lipinski definition) is 3. The molecular formula is C19H38N2O3. The summed E-state index contributed by atoms with van der Waals surface area (Å²) in [6.07, 6.45) is 9.01. The van der Waals surface area contributed by atoms with Crippen molar-refractivity contribution in [1.82, 2.24) is 10.4 Å². The summed E-state index contributed by atoms with van der Waals surface area (Å²) in [7, 11) is 0. The highest BCUT2D eigenvalue weighted by molar-refractivity contribution is 4.85. The maximum absolute atomic E-state index is 10.9. The fourth-order valence-corrected chi connectivity index (χ4v) is 3.34. The molecule has 1 rings (SSSR count). The van der Waals surface area contributed by atoms with E-state index in [4.69, 9.17) is 4.74 Å². The van der Waals surface area contributed by atoms with Crippen LogP contribution in [0.2, 0.25) is 0 Å². The van der Waals surface area contributed by atoms with Crippen molar-refractivity contribution in [3.63, 3.8) is 0 Å². The first-order valence-corrected chi connectivity index (χ1v) is 9.67. The standard InChI is InChI=1S/C19H38N2O3/c1-5-8-13-18(16(4)6-2)20-21(7-3)19(22,23)17-11-9-14-24-15-10-12-17/h7,16-18,20,22-23H,3,5-6,8-15H2,1-2,4H3/t16-,18?/m0/s1. The van der Waals surface area contributed by atoms with Crippen molar-refractivity contribution >= 4 is 0 Å². The molecular weight excluding hydrogens is 304 g/mol. The molecule has 0 spiro atoms. The van der Waals surface area contributed by atoms with E-state index in [0.717, 1.165) is 51.4 Å². The molecule has 5 heteroatoms. The maximum atomic E-state index is 10.9. The molecule has 24 heavy (non-hydrogen) atoms. The summed E-state index contributed by atoms with van der Waals surface area (Å²) in [5, 5.41) is 23.1. The summed E-state index contributed by atoms with van der Waals surface area (Å²) >= 11 is 0. The molecule has 1 heterocycles. The first-order chi connectivity index (χ1) is 11.5. The number of nitrogens with zero attached hydrogens (tertiary/aromatic N) is 1. The summed E-state index contributed by atoms with van der Waals surface area (Å²) in [4.78, 5) is 0. The fraction of sp³-hybridized carbons (Fsp3) is 0.895. The molecule has 0 saturated carbocycles. The highest BCUT2D eigenvalue weighted by Gasteiger charge is 2.40. The lowest BCUT2D eigenvalue weighted by Crippen LogP contribution is -2.60. The van der Waals surface area contributed by atoms with Crippen LogP contribution >= 0.6 is 0 Å². The first-order valence-electron chi connectivity index (χ1n) is 9.67. The van der Waals surface area contributed by atoms with Gasteiger partial charge >= 0.3 is 0 Å². The molecule has 0 bridgehead atoms. The number of ether oxygens (including phenoxy) is 1. The monoisotopic (exact) mass is 342 g/mol. The van der Waals surface area contributed by atoms with Crippen LogP contribution in [0.25, 0.3) is 0 Å². The molecule has 0 amide bonds. The molecule has 1 saturated heterocycles. The molecule has 1 fully saturated rings. The predicted octanol–water partition coefficient (Wildman–Crippen LogP) is 3.39. The van der Waals surface area contributed by atoms with Crippen LogP contribution in [0.4, 0.5) is 0 Å². The highest BCUT2D eigenvalue weighted by atomic mass is 16.5. The molecule has 1 unspecified atom stereocenters. The van der Waals surface area contributed by atoms with Crippen LogP contribution < -0.4 is 5.43 Å². The minimum Gasteiger partial charge on any atom is -0.381 e. The van der Waals surface area contributed by atoms with Crippen LogP contribution in [-0.4, -0.2) is 40.4 Å². The third kappa shape index (κ3) is 6.36. The third-order valence-corrected chi connectivity index (χ3v) is 5.27. The van der Waals surface area contributed by atoms with Crippen LogP contribution in [0.5, 0.6) is 0 Å². The van der Waals surface area contributed by atoms with E-state index in [1.807, 2.05) is 0 Å². The minimum atomic E-state index is -1.92. The molecule has 0 aromatic heterocycles. The summed E-state index contributed by atoms with van der Waals surface area (Å²) in [6, 6.07) is 0.212. The van der Waals surface area contributed by atoms with Gasteiger partial charge in [0.1, 0.15) is 0 Å². The van der Waals surface area contributed by atoms with Crippen molar-refractivity contribution < 1.29 is 14.9 Å². The van der Waals surface area contributed by atoms with Crippen LogP contribution in [0.3, 0.4) is 0 Å². The molecule has 0 radical (unpaired) electrons. The Labute approximate surface area is 148 Å². The van der Waals surface area contributed by atoms with E-state index in [2.05, 4.69) is 32.8 Å². The van der Waals surface area contributed by atoms with Crippen LogP contribution in [0.1, 0.15) is 72.1 Å². The SMILES string of the molecule is C=CN(NC(CCCC)[C@@H](C)CC)C(O)(O)C1CCCOCCC1. The van der Waals surface area contributed by atoms with E-state index in [1.54, 1.807) is 0 Å². The van der Waals surface area contributed by atoms with Gasteiger partial charge in [-0.25, -0.2) is 5.43 Å². The lowest BCUT2D eigenvalue weighted by molar-refractivity contribution is -0.302. The summed E-state index contributed by atoms with van der Waals surface area (Å²) < 4.78 is 5.46. The van der Waals surface area contributed by atoms with Gasteiger partial charge in [-0.2, -0.15) is 0 Å². The first kappa shape index (κ1) is 21.4. The van der Waals surface area contributed by atoms with Crippen molar-refractivity contribution in [3.05, 3.63) is 12.8 Å². The van der Waals surface area contributed by atoms with E-state index in [-0.39, 0.29) is 12.0 Å². The zero-order chi connectivity index (χ0) is 18.0. The fourth-order valence-electron chi connectivity index (χ4n) is 3.34. The minimum absolute atomic E-state index is 0.212. The van der Waals surface area contributed by atoms with Crippen LogP contribution in [0, 0.1) is 11.8 Å². The molecule has 0 aromatic carbocycles. The number of aliphatic hydroxyl groups is 2. The van der Waals surface area contributed by atoms with Gasteiger partial charge in [-0.1, -0.05) is 46.6 Å². The Morgan fingerprint density at radius 2 is 1.92 bits per heavy atom. The average Bonchev–Trinajstić information content (AvgIpc) is 2.53. The molecule has 2 atom stereocenters. The van der Waals surface area contributed by atoms with E-state index in [9.17, 15) is 10.2 Å². The second-order valence-electron chi connectivity index (χ2n) is 7.10. The molecule has 142 valence electrons. The van der Waals surface area contributed by atoms with Crippen molar-refractivity contribution in [3.8, 4) is 0 Å². The molecule has 1 aliphatic rings. The summed E-state index contributed by atoms with van der Waals surface area (Å²) in [5.41, 5.74) is 3.35. The van der Waals surface area contributed by atoms with Gasteiger partial charge in [0.25, 0.3) is 5.91 Å². The van der Waals surface area contributed by atoms with Crippen LogP contribution in [-0.2, 0) is 4.74 Å².